The first-order chi connectivity index (χ1) is 9.37. The Kier molecular flexibility index (Phi) is 6.29. The third-order valence-corrected chi connectivity index (χ3v) is 4.19. The van der Waals surface area contributed by atoms with Gasteiger partial charge in [-0.15, -0.1) is 11.3 Å². The van der Waals surface area contributed by atoms with Gasteiger partial charge in [0, 0.05) is 11.4 Å². The molecule has 0 aliphatic heterocycles. The van der Waals surface area contributed by atoms with Gasteiger partial charge in [0.15, 0.2) is 0 Å². The van der Waals surface area contributed by atoms with Gasteiger partial charge in [-0.1, -0.05) is 24.9 Å². The van der Waals surface area contributed by atoms with E-state index in [1.165, 1.54) is 18.3 Å². The number of carbonyl (C=O) groups excluding carboxylic acids is 1. The number of nitrogens with one attached hydrogen (secondary N) is 2. The van der Waals surface area contributed by atoms with Crippen LogP contribution in [0, 0.1) is 0 Å². The number of halogens is 1. The zero-order valence-electron chi connectivity index (χ0n) is 11.5. The molecule has 0 saturated heterocycles. The molecule has 1 unspecified atom stereocenters. The average Bonchev–Trinajstić information content (AvgIpc) is 2.75. The number of urea groups is 1. The summed E-state index contributed by atoms with van der Waals surface area (Å²) >= 11 is 7.28. The summed E-state index contributed by atoms with van der Waals surface area (Å²) in [6.45, 7) is 3.82. The van der Waals surface area contributed by atoms with Gasteiger partial charge in [0.25, 0.3) is 0 Å². The second-order valence-electron chi connectivity index (χ2n) is 4.72. The highest BCUT2D eigenvalue weighted by atomic mass is 35.5. The Labute approximate surface area is 127 Å². The summed E-state index contributed by atoms with van der Waals surface area (Å²) in [6, 6.07) is 3.25. The zero-order valence-corrected chi connectivity index (χ0v) is 13.1. The van der Waals surface area contributed by atoms with Crippen LogP contribution in [0.2, 0.25) is 4.34 Å². The summed E-state index contributed by atoms with van der Waals surface area (Å²) in [5, 5.41) is 14.3. The van der Waals surface area contributed by atoms with Crippen LogP contribution in [0.15, 0.2) is 12.1 Å². The maximum absolute atomic E-state index is 11.7. The van der Waals surface area contributed by atoms with Gasteiger partial charge < -0.3 is 15.7 Å². The van der Waals surface area contributed by atoms with Crippen molar-refractivity contribution >= 4 is 34.9 Å². The molecule has 0 aromatic carbocycles. The highest BCUT2D eigenvalue weighted by Crippen LogP contribution is 2.21. The molecule has 1 rings (SSSR count). The molecular formula is C13H19ClN2O3S. The highest BCUT2D eigenvalue weighted by molar-refractivity contribution is 7.16. The molecule has 5 nitrogen and oxygen atoms in total. The van der Waals surface area contributed by atoms with Crippen molar-refractivity contribution in [1.29, 1.82) is 0 Å². The molecule has 1 atom stereocenters. The van der Waals surface area contributed by atoms with Crippen molar-refractivity contribution in [1.82, 2.24) is 10.6 Å². The fourth-order valence-electron chi connectivity index (χ4n) is 1.80. The first kappa shape index (κ1) is 16.8. The Bertz CT molecular complexity index is 478. The normalized spacial score (nSPS) is 13.6. The minimum Gasteiger partial charge on any atom is -0.480 e. The summed E-state index contributed by atoms with van der Waals surface area (Å²) < 4.78 is 0.714. The molecule has 0 fully saturated rings. The quantitative estimate of drug-likeness (QED) is 0.723. The maximum Gasteiger partial charge on any atom is 0.329 e. The number of thiophene rings is 1. The predicted molar refractivity (Wildman–Crippen MR) is 80.5 cm³/mol. The van der Waals surface area contributed by atoms with Gasteiger partial charge in [0.1, 0.15) is 5.54 Å². The summed E-state index contributed by atoms with van der Waals surface area (Å²) in [5.41, 5.74) is -1.23. The van der Waals surface area contributed by atoms with Gasteiger partial charge in [-0.25, -0.2) is 9.59 Å². The molecular weight excluding hydrogens is 300 g/mol. The topological polar surface area (TPSA) is 78.4 Å². The molecule has 0 saturated carbocycles. The van der Waals surface area contributed by atoms with Crippen LogP contribution in [0.3, 0.4) is 0 Å². The molecule has 0 spiro atoms. The van der Waals surface area contributed by atoms with E-state index in [0.717, 1.165) is 4.88 Å². The van der Waals surface area contributed by atoms with Gasteiger partial charge >= 0.3 is 12.0 Å². The van der Waals surface area contributed by atoms with Gasteiger partial charge in [0.2, 0.25) is 0 Å². The van der Waals surface area contributed by atoms with Crippen LogP contribution in [0.25, 0.3) is 0 Å². The molecule has 20 heavy (non-hydrogen) atoms. The Morgan fingerprint density at radius 3 is 2.65 bits per heavy atom. The average molecular weight is 319 g/mol. The van der Waals surface area contributed by atoms with E-state index in [1.54, 1.807) is 0 Å². The lowest BCUT2D eigenvalue weighted by Gasteiger charge is -2.25. The summed E-state index contributed by atoms with van der Waals surface area (Å²) in [5.74, 6) is -1.03. The maximum atomic E-state index is 11.7. The van der Waals surface area contributed by atoms with Gasteiger partial charge in [-0.3, -0.25) is 0 Å². The largest absolute Gasteiger partial charge is 0.480 e. The predicted octanol–water partition coefficient (Wildman–Crippen LogP) is 2.89. The van der Waals surface area contributed by atoms with Crippen LogP contribution >= 0.6 is 22.9 Å². The van der Waals surface area contributed by atoms with Crippen molar-refractivity contribution in [3.8, 4) is 0 Å². The van der Waals surface area contributed by atoms with Crippen molar-refractivity contribution in [3.05, 3.63) is 21.3 Å². The molecule has 3 N–H and O–H groups in total. The SMILES string of the molecule is CCCC(C)(NC(=O)NCCc1ccc(Cl)s1)C(=O)O. The van der Waals surface area contributed by atoms with Crippen molar-refractivity contribution < 1.29 is 14.7 Å². The monoisotopic (exact) mass is 318 g/mol. The minimum absolute atomic E-state index is 0.385. The molecule has 7 heteroatoms. The van der Waals surface area contributed by atoms with Crippen LogP contribution in [-0.2, 0) is 11.2 Å². The fraction of sp³-hybridized carbons (Fsp3) is 0.538. The third-order valence-electron chi connectivity index (χ3n) is 2.90. The van der Waals surface area contributed by atoms with Crippen molar-refractivity contribution in [3.63, 3.8) is 0 Å². The van der Waals surface area contributed by atoms with Crippen LogP contribution in [0.5, 0.6) is 0 Å². The third kappa shape index (κ3) is 5.02. The number of aliphatic carboxylic acids is 1. The molecule has 0 radical (unpaired) electrons. The molecule has 0 aliphatic carbocycles. The summed E-state index contributed by atoms with van der Waals surface area (Å²) in [6.07, 6.45) is 1.73. The number of carbonyl (C=O) groups is 2. The van der Waals surface area contributed by atoms with Gasteiger partial charge in [0.05, 0.1) is 4.34 Å². The Morgan fingerprint density at radius 2 is 2.15 bits per heavy atom. The summed E-state index contributed by atoms with van der Waals surface area (Å²) in [4.78, 5) is 24.0. The van der Waals surface area contributed by atoms with Crippen LogP contribution in [0.4, 0.5) is 4.79 Å². The molecule has 1 heterocycles. The summed E-state index contributed by atoms with van der Waals surface area (Å²) in [7, 11) is 0. The minimum atomic E-state index is -1.23. The number of carboxylic acid groups (broad SMARTS) is 1. The fourth-order valence-corrected chi connectivity index (χ4v) is 2.89. The molecule has 1 aromatic rings. The van der Waals surface area contributed by atoms with E-state index in [1.807, 2.05) is 19.1 Å². The zero-order chi connectivity index (χ0) is 15.2. The van der Waals surface area contributed by atoms with Crippen molar-refractivity contribution in [2.45, 2.75) is 38.6 Å². The standard InChI is InChI=1S/C13H19ClN2O3S/c1-3-7-13(2,11(17)18)16-12(19)15-8-6-9-4-5-10(14)20-9/h4-5H,3,6-8H2,1-2H3,(H,17,18)(H2,15,16,19). The lowest BCUT2D eigenvalue weighted by molar-refractivity contribution is -0.144. The van der Waals surface area contributed by atoms with Crippen molar-refractivity contribution in [2.75, 3.05) is 6.54 Å². The van der Waals surface area contributed by atoms with E-state index in [2.05, 4.69) is 10.6 Å². The second-order valence-corrected chi connectivity index (χ2v) is 6.52. The molecule has 0 bridgehead atoms. The van der Waals surface area contributed by atoms with Crippen molar-refractivity contribution in [2.24, 2.45) is 0 Å². The van der Waals surface area contributed by atoms with Crippen LogP contribution in [-0.4, -0.2) is 29.2 Å². The second kappa shape index (κ2) is 7.50. The van der Waals surface area contributed by atoms with E-state index in [4.69, 9.17) is 16.7 Å². The van der Waals surface area contributed by atoms with E-state index in [-0.39, 0.29) is 0 Å². The molecule has 2 amide bonds. The first-order valence-electron chi connectivity index (χ1n) is 6.41. The van der Waals surface area contributed by atoms with E-state index < -0.39 is 17.5 Å². The number of rotatable bonds is 7. The van der Waals surface area contributed by atoms with Gasteiger partial charge in [-0.2, -0.15) is 0 Å². The van der Waals surface area contributed by atoms with E-state index in [9.17, 15) is 9.59 Å². The highest BCUT2D eigenvalue weighted by Gasteiger charge is 2.33. The molecule has 1 aromatic heterocycles. The van der Waals surface area contributed by atoms with E-state index in [0.29, 0.717) is 30.1 Å². The number of carboxylic acids is 1. The Morgan fingerprint density at radius 1 is 1.45 bits per heavy atom. The lowest BCUT2D eigenvalue weighted by Crippen LogP contribution is -2.55. The smallest absolute Gasteiger partial charge is 0.329 e. The number of amides is 2. The molecule has 0 aliphatic rings. The van der Waals surface area contributed by atoms with Crippen LogP contribution < -0.4 is 10.6 Å². The lowest BCUT2D eigenvalue weighted by atomic mass is 9.97. The van der Waals surface area contributed by atoms with E-state index >= 15 is 0 Å². The molecule has 112 valence electrons. The Balaban J connectivity index is 2.40. The number of hydrogen-bond donors (Lipinski definition) is 3. The Hall–Kier alpha value is -1.27. The van der Waals surface area contributed by atoms with Gasteiger partial charge in [-0.05, 0) is 31.9 Å². The first-order valence-corrected chi connectivity index (χ1v) is 7.60. The number of hydrogen-bond acceptors (Lipinski definition) is 3. The van der Waals surface area contributed by atoms with Crippen LogP contribution in [0.1, 0.15) is 31.6 Å².